The molecule has 0 bridgehead atoms. The number of amides is 1. The van der Waals surface area contributed by atoms with Gasteiger partial charge in [0.1, 0.15) is 11.5 Å². The third kappa shape index (κ3) is 4.14. The Morgan fingerprint density at radius 3 is 2.48 bits per heavy atom. The molecule has 0 heterocycles. The highest BCUT2D eigenvalue weighted by molar-refractivity contribution is 5.94. The zero-order chi connectivity index (χ0) is 15.2. The van der Waals surface area contributed by atoms with Gasteiger partial charge >= 0.3 is 0 Å². The molecule has 2 rings (SSSR count). The van der Waals surface area contributed by atoms with Crippen molar-refractivity contribution in [1.82, 2.24) is 0 Å². The highest BCUT2D eigenvalue weighted by atomic mass is 16.5. The molecule has 2 aromatic rings. The minimum Gasteiger partial charge on any atom is -0.497 e. The van der Waals surface area contributed by atoms with E-state index < -0.39 is 6.10 Å². The van der Waals surface area contributed by atoms with Crippen molar-refractivity contribution in [2.45, 2.75) is 13.0 Å². The van der Waals surface area contributed by atoms with Crippen LogP contribution < -0.4 is 20.5 Å². The van der Waals surface area contributed by atoms with Gasteiger partial charge in [0, 0.05) is 17.4 Å². The minimum absolute atomic E-state index is 0.234. The van der Waals surface area contributed by atoms with Crippen LogP contribution in [-0.4, -0.2) is 19.1 Å². The van der Waals surface area contributed by atoms with E-state index in [1.54, 1.807) is 62.6 Å². The number of nitrogens with two attached hydrogens (primary N) is 1. The number of anilines is 2. The first-order valence-electron chi connectivity index (χ1n) is 6.55. The van der Waals surface area contributed by atoms with Crippen molar-refractivity contribution in [3.63, 3.8) is 0 Å². The molecule has 5 heteroatoms. The molecule has 1 atom stereocenters. The third-order valence-electron chi connectivity index (χ3n) is 2.90. The topological polar surface area (TPSA) is 73.6 Å². The molecule has 0 aliphatic carbocycles. The largest absolute Gasteiger partial charge is 0.497 e. The van der Waals surface area contributed by atoms with E-state index in [1.807, 2.05) is 0 Å². The van der Waals surface area contributed by atoms with Crippen LogP contribution in [0.4, 0.5) is 11.4 Å². The normalized spacial score (nSPS) is 11.5. The average Bonchev–Trinajstić information content (AvgIpc) is 2.48. The Kier molecular flexibility index (Phi) is 4.66. The molecule has 0 aliphatic heterocycles. The molecule has 1 amide bonds. The maximum Gasteiger partial charge on any atom is 0.265 e. The lowest BCUT2D eigenvalue weighted by molar-refractivity contribution is -0.122. The summed E-state index contributed by atoms with van der Waals surface area (Å²) >= 11 is 0. The number of nitrogen functional groups attached to an aromatic ring is 1. The summed E-state index contributed by atoms with van der Waals surface area (Å²) in [6.45, 7) is 1.68. The van der Waals surface area contributed by atoms with Crippen molar-refractivity contribution >= 4 is 17.3 Å². The van der Waals surface area contributed by atoms with Gasteiger partial charge in [0.2, 0.25) is 0 Å². The van der Waals surface area contributed by atoms with Crippen LogP contribution in [0, 0.1) is 0 Å². The van der Waals surface area contributed by atoms with E-state index in [4.69, 9.17) is 15.2 Å². The van der Waals surface area contributed by atoms with Crippen molar-refractivity contribution in [3.8, 4) is 11.5 Å². The summed E-state index contributed by atoms with van der Waals surface area (Å²) in [7, 11) is 1.59. The van der Waals surface area contributed by atoms with Gasteiger partial charge in [-0.15, -0.1) is 0 Å². The molecule has 5 nitrogen and oxygen atoms in total. The number of nitrogens with one attached hydrogen (secondary N) is 1. The molecule has 0 aromatic heterocycles. The fraction of sp³-hybridized carbons (Fsp3) is 0.188. The lowest BCUT2D eigenvalue weighted by Gasteiger charge is -2.15. The standard InChI is InChI=1S/C16H18N2O3/c1-11(21-15-5-3-4-12(17)10-15)16(19)18-13-6-8-14(20-2)9-7-13/h3-11H,17H2,1-2H3,(H,18,19)/t11-/m0/s1. The van der Waals surface area contributed by atoms with Crippen LogP contribution in [0.15, 0.2) is 48.5 Å². The first-order chi connectivity index (χ1) is 10.1. The zero-order valence-electron chi connectivity index (χ0n) is 12.0. The Balaban J connectivity index is 1.95. The van der Waals surface area contributed by atoms with Gasteiger partial charge in [0.05, 0.1) is 7.11 Å². The molecule has 0 spiro atoms. The minimum atomic E-state index is -0.631. The number of rotatable bonds is 5. The van der Waals surface area contributed by atoms with E-state index in [2.05, 4.69) is 5.32 Å². The van der Waals surface area contributed by atoms with E-state index in [0.717, 1.165) is 5.75 Å². The number of hydrogen-bond acceptors (Lipinski definition) is 4. The van der Waals surface area contributed by atoms with Crippen molar-refractivity contribution in [3.05, 3.63) is 48.5 Å². The van der Waals surface area contributed by atoms with Crippen LogP contribution >= 0.6 is 0 Å². The van der Waals surface area contributed by atoms with Crippen molar-refractivity contribution in [2.75, 3.05) is 18.2 Å². The predicted octanol–water partition coefficient (Wildman–Crippen LogP) is 2.68. The van der Waals surface area contributed by atoms with Crippen LogP contribution in [0.3, 0.4) is 0 Å². The van der Waals surface area contributed by atoms with Crippen molar-refractivity contribution < 1.29 is 14.3 Å². The second kappa shape index (κ2) is 6.65. The summed E-state index contributed by atoms with van der Waals surface area (Å²) in [4.78, 5) is 12.1. The summed E-state index contributed by atoms with van der Waals surface area (Å²) in [5.41, 5.74) is 6.95. The third-order valence-corrected chi connectivity index (χ3v) is 2.90. The van der Waals surface area contributed by atoms with Gasteiger partial charge in [-0.1, -0.05) is 6.07 Å². The highest BCUT2D eigenvalue weighted by Crippen LogP contribution is 2.18. The molecule has 21 heavy (non-hydrogen) atoms. The van der Waals surface area contributed by atoms with E-state index in [9.17, 15) is 4.79 Å². The SMILES string of the molecule is COc1ccc(NC(=O)[C@H](C)Oc2cccc(N)c2)cc1. The van der Waals surface area contributed by atoms with E-state index >= 15 is 0 Å². The Bertz CT molecular complexity index is 611. The molecule has 0 aliphatic rings. The summed E-state index contributed by atoms with van der Waals surface area (Å²) < 4.78 is 10.6. The molecule has 0 fully saturated rings. The van der Waals surface area contributed by atoms with Crippen LogP contribution in [0.5, 0.6) is 11.5 Å². The maximum atomic E-state index is 12.1. The van der Waals surface area contributed by atoms with Crippen LogP contribution in [0.2, 0.25) is 0 Å². The summed E-state index contributed by atoms with van der Waals surface area (Å²) in [6.07, 6.45) is -0.631. The fourth-order valence-electron chi connectivity index (χ4n) is 1.76. The van der Waals surface area contributed by atoms with Gasteiger partial charge in [-0.3, -0.25) is 4.79 Å². The van der Waals surface area contributed by atoms with Crippen LogP contribution in [-0.2, 0) is 4.79 Å². The number of carbonyl (C=O) groups excluding carboxylic acids is 1. The maximum absolute atomic E-state index is 12.1. The summed E-state index contributed by atoms with van der Waals surface area (Å²) in [5.74, 6) is 1.06. The second-order valence-electron chi connectivity index (χ2n) is 4.55. The summed E-state index contributed by atoms with van der Waals surface area (Å²) in [6, 6.07) is 14.1. The summed E-state index contributed by atoms with van der Waals surface area (Å²) in [5, 5.41) is 2.78. The lowest BCUT2D eigenvalue weighted by atomic mass is 10.2. The first-order valence-corrected chi connectivity index (χ1v) is 6.55. The Morgan fingerprint density at radius 2 is 1.86 bits per heavy atom. The quantitative estimate of drug-likeness (QED) is 0.829. The van der Waals surface area contributed by atoms with Gasteiger partial charge in [0.15, 0.2) is 6.10 Å². The molecule has 3 N–H and O–H groups in total. The van der Waals surface area contributed by atoms with Crippen molar-refractivity contribution in [2.24, 2.45) is 0 Å². The Morgan fingerprint density at radius 1 is 1.14 bits per heavy atom. The Hall–Kier alpha value is -2.69. The molecule has 0 saturated heterocycles. The van der Waals surface area contributed by atoms with E-state index in [-0.39, 0.29) is 5.91 Å². The molecule has 110 valence electrons. The number of benzene rings is 2. The number of methoxy groups -OCH3 is 1. The molecular weight excluding hydrogens is 268 g/mol. The lowest BCUT2D eigenvalue weighted by Crippen LogP contribution is -2.30. The van der Waals surface area contributed by atoms with Gasteiger partial charge in [0.25, 0.3) is 5.91 Å². The second-order valence-corrected chi connectivity index (χ2v) is 4.55. The molecule has 0 radical (unpaired) electrons. The van der Waals surface area contributed by atoms with E-state index in [1.165, 1.54) is 0 Å². The van der Waals surface area contributed by atoms with Gasteiger partial charge in [-0.05, 0) is 43.3 Å². The smallest absolute Gasteiger partial charge is 0.265 e. The predicted molar refractivity (Wildman–Crippen MR) is 82.6 cm³/mol. The van der Waals surface area contributed by atoms with Gasteiger partial charge in [-0.2, -0.15) is 0 Å². The van der Waals surface area contributed by atoms with Crippen molar-refractivity contribution in [1.29, 1.82) is 0 Å². The number of ether oxygens (including phenoxy) is 2. The van der Waals surface area contributed by atoms with Crippen LogP contribution in [0.25, 0.3) is 0 Å². The Labute approximate surface area is 123 Å². The van der Waals surface area contributed by atoms with Crippen LogP contribution in [0.1, 0.15) is 6.92 Å². The molecule has 0 unspecified atom stereocenters. The molecule has 2 aromatic carbocycles. The average molecular weight is 286 g/mol. The zero-order valence-corrected chi connectivity index (χ0v) is 12.0. The fourth-order valence-corrected chi connectivity index (χ4v) is 1.76. The highest BCUT2D eigenvalue weighted by Gasteiger charge is 2.14. The van der Waals surface area contributed by atoms with Gasteiger partial charge in [-0.25, -0.2) is 0 Å². The van der Waals surface area contributed by atoms with E-state index in [0.29, 0.717) is 17.1 Å². The molecule has 0 saturated carbocycles. The van der Waals surface area contributed by atoms with Gasteiger partial charge < -0.3 is 20.5 Å². The first kappa shape index (κ1) is 14.7. The number of carbonyl (C=O) groups is 1. The number of hydrogen-bond donors (Lipinski definition) is 2. The monoisotopic (exact) mass is 286 g/mol. The molecular formula is C16H18N2O3.